The van der Waals surface area contributed by atoms with Crippen molar-refractivity contribution >= 4 is 34.9 Å². The number of aryl methyl sites for hydroxylation is 1. The second-order valence-electron chi connectivity index (χ2n) is 4.16. The fourth-order valence-corrected chi connectivity index (χ4v) is 3.08. The second kappa shape index (κ2) is 5.58. The number of nitrogens with two attached hydrogens (primary N) is 1. The van der Waals surface area contributed by atoms with Gasteiger partial charge in [-0.3, -0.25) is 4.79 Å². The molecular weight excluding hydrogens is 280 g/mol. The first kappa shape index (κ1) is 13.8. The number of amides is 1. The van der Waals surface area contributed by atoms with Gasteiger partial charge in [0.2, 0.25) is 0 Å². The van der Waals surface area contributed by atoms with Crippen molar-refractivity contribution in [3.05, 3.63) is 29.6 Å². The molecular formula is C12H14N4OS2. The molecule has 0 atom stereocenters. The summed E-state index contributed by atoms with van der Waals surface area (Å²) in [5.74, 6) is 0.695. The Morgan fingerprint density at radius 3 is 2.68 bits per heavy atom. The lowest BCUT2D eigenvalue weighted by Gasteiger charge is -2.11. The molecule has 0 aliphatic heterocycles. The molecule has 0 fully saturated rings. The zero-order valence-corrected chi connectivity index (χ0v) is 12.5. The van der Waals surface area contributed by atoms with Crippen LogP contribution in [-0.2, 0) is 0 Å². The number of aromatic nitrogens is 2. The Bertz CT molecular complexity index is 610. The highest BCUT2D eigenvalue weighted by molar-refractivity contribution is 8.01. The summed E-state index contributed by atoms with van der Waals surface area (Å²) in [7, 11) is 3.43. The minimum absolute atomic E-state index is 0.0602. The highest BCUT2D eigenvalue weighted by Crippen LogP contribution is 2.33. The molecule has 7 heteroatoms. The van der Waals surface area contributed by atoms with Gasteiger partial charge in [0.15, 0.2) is 4.34 Å². The SMILES string of the molecule is Cc1nsc(Sc2ccc(C(=O)N(C)C)cc2N)n1. The third-order valence-corrected chi connectivity index (χ3v) is 4.30. The number of benzene rings is 1. The van der Waals surface area contributed by atoms with Gasteiger partial charge in [-0.25, -0.2) is 4.98 Å². The van der Waals surface area contributed by atoms with Crippen LogP contribution in [-0.4, -0.2) is 34.3 Å². The van der Waals surface area contributed by atoms with E-state index in [1.807, 2.05) is 13.0 Å². The normalized spacial score (nSPS) is 10.5. The summed E-state index contributed by atoms with van der Waals surface area (Å²) in [4.78, 5) is 18.5. The molecule has 0 saturated heterocycles. The number of hydrogen-bond acceptors (Lipinski definition) is 6. The van der Waals surface area contributed by atoms with Crippen LogP contribution < -0.4 is 5.73 Å². The molecule has 2 aromatic rings. The summed E-state index contributed by atoms with van der Waals surface area (Å²) >= 11 is 2.80. The summed E-state index contributed by atoms with van der Waals surface area (Å²) < 4.78 is 4.96. The summed E-state index contributed by atoms with van der Waals surface area (Å²) in [5, 5.41) is 0. The molecule has 1 amide bonds. The summed E-state index contributed by atoms with van der Waals surface area (Å²) in [6, 6.07) is 5.31. The van der Waals surface area contributed by atoms with Gasteiger partial charge in [0, 0.05) is 30.2 Å². The van der Waals surface area contributed by atoms with Crippen molar-refractivity contribution in [2.75, 3.05) is 19.8 Å². The number of hydrogen-bond donors (Lipinski definition) is 1. The summed E-state index contributed by atoms with van der Waals surface area (Å²) in [6.45, 7) is 1.85. The van der Waals surface area contributed by atoms with Crippen molar-refractivity contribution in [1.82, 2.24) is 14.3 Å². The third kappa shape index (κ3) is 3.24. The monoisotopic (exact) mass is 294 g/mol. The molecule has 5 nitrogen and oxygen atoms in total. The first-order valence-electron chi connectivity index (χ1n) is 5.56. The molecule has 0 unspecified atom stereocenters. The van der Waals surface area contributed by atoms with E-state index in [0.29, 0.717) is 11.3 Å². The molecule has 19 heavy (non-hydrogen) atoms. The van der Waals surface area contributed by atoms with E-state index >= 15 is 0 Å². The zero-order valence-electron chi connectivity index (χ0n) is 10.9. The van der Waals surface area contributed by atoms with E-state index in [1.54, 1.807) is 26.2 Å². The predicted molar refractivity (Wildman–Crippen MR) is 77.6 cm³/mol. The van der Waals surface area contributed by atoms with Crippen LogP contribution in [0.25, 0.3) is 0 Å². The highest BCUT2D eigenvalue weighted by atomic mass is 32.2. The summed E-state index contributed by atoms with van der Waals surface area (Å²) in [6.07, 6.45) is 0. The molecule has 1 aromatic heterocycles. The molecule has 0 spiro atoms. The van der Waals surface area contributed by atoms with Crippen molar-refractivity contribution in [3.63, 3.8) is 0 Å². The lowest BCUT2D eigenvalue weighted by atomic mass is 10.2. The Kier molecular flexibility index (Phi) is 4.06. The van der Waals surface area contributed by atoms with Crippen molar-refractivity contribution < 1.29 is 4.79 Å². The van der Waals surface area contributed by atoms with Gasteiger partial charge in [0.05, 0.1) is 0 Å². The minimum atomic E-state index is -0.0602. The van der Waals surface area contributed by atoms with E-state index in [0.717, 1.165) is 15.1 Å². The van der Waals surface area contributed by atoms with Crippen molar-refractivity contribution in [2.45, 2.75) is 16.2 Å². The van der Waals surface area contributed by atoms with Gasteiger partial charge >= 0.3 is 0 Å². The van der Waals surface area contributed by atoms with Crippen molar-refractivity contribution in [2.24, 2.45) is 0 Å². The number of carbonyl (C=O) groups excluding carboxylic acids is 1. The molecule has 0 radical (unpaired) electrons. The molecule has 1 heterocycles. The Labute approximate surface area is 120 Å². The van der Waals surface area contributed by atoms with E-state index in [9.17, 15) is 4.79 Å². The number of nitrogen functional groups attached to an aromatic ring is 1. The van der Waals surface area contributed by atoms with Crippen LogP contribution in [0.15, 0.2) is 27.4 Å². The Morgan fingerprint density at radius 2 is 2.16 bits per heavy atom. The number of carbonyl (C=O) groups is 1. The van der Waals surface area contributed by atoms with Gasteiger partial charge in [-0.2, -0.15) is 4.37 Å². The minimum Gasteiger partial charge on any atom is -0.398 e. The fourth-order valence-electron chi connectivity index (χ4n) is 1.45. The van der Waals surface area contributed by atoms with Crippen LogP contribution in [0.3, 0.4) is 0 Å². The quantitative estimate of drug-likeness (QED) is 0.879. The van der Waals surface area contributed by atoms with Gasteiger partial charge in [-0.05, 0) is 36.7 Å². The van der Waals surface area contributed by atoms with Crippen LogP contribution in [0.1, 0.15) is 16.2 Å². The molecule has 100 valence electrons. The van der Waals surface area contributed by atoms with E-state index in [-0.39, 0.29) is 5.91 Å². The van der Waals surface area contributed by atoms with Crippen molar-refractivity contribution in [1.29, 1.82) is 0 Å². The maximum Gasteiger partial charge on any atom is 0.253 e. The standard InChI is InChI=1S/C12H14N4OS2/c1-7-14-12(19-15-7)18-10-5-4-8(6-9(10)13)11(17)16(2)3/h4-6H,13H2,1-3H3. The largest absolute Gasteiger partial charge is 0.398 e. The lowest BCUT2D eigenvalue weighted by molar-refractivity contribution is 0.0827. The van der Waals surface area contributed by atoms with Gasteiger partial charge in [-0.1, -0.05) is 11.8 Å². The van der Waals surface area contributed by atoms with Crippen LogP contribution in [0.4, 0.5) is 5.69 Å². The van der Waals surface area contributed by atoms with Gasteiger partial charge in [0.25, 0.3) is 5.91 Å². The average molecular weight is 294 g/mol. The maximum absolute atomic E-state index is 11.8. The molecule has 1 aromatic carbocycles. The Hall–Kier alpha value is -1.60. The number of nitrogens with zero attached hydrogens (tertiary/aromatic N) is 3. The van der Waals surface area contributed by atoms with Crippen LogP contribution >= 0.6 is 23.3 Å². The molecule has 0 bridgehead atoms. The topological polar surface area (TPSA) is 72.1 Å². The smallest absolute Gasteiger partial charge is 0.253 e. The molecule has 2 N–H and O–H groups in total. The molecule has 0 aliphatic carbocycles. The molecule has 0 saturated carbocycles. The third-order valence-electron chi connectivity index (χ3n) is 2.37. The number of anilines is 1. The van der Waals surface area contributed by atoms with E-state index in [2.05, 4.69) is 9.36 Å². The summed E-state index contributed by atoms with van der Waals surface area (Å²) in [5.41, 5.74) is 7.14. The second-order valence-corrected chi connectivity index (χ2v) is 6.20. The van der Waals surface area contributed by atoms with Crippen LogP contribution in [0.2, 0.25) is 0 Å². The van der Waals surface area contributed by atoms with Crippen molar-refractivity contribution in [3.8, 4) is 0 Å². The van der Waals surface area contributed by atoms with Gasteiger partial charge in [-0.15, -0.1) is 0 Å². The predicted octanol–water partition coefficient (Wildman–Crippen LogP) is 2.28. The van der Waals surface area contributed by atoms with E-state index in [4.69, 9.17) is 5.73 Å². The van der Waals surface area contributed by atoms with E-state index in [1.165, 1.54) is 28.2 Å². The lowest BCUT2D eigenvalue weighted by Crippen LogP contribution is -2.21. The number of rotatable bonds is 3. The van der Waals surface area contributed by atoms with Gasteiger partial charge < -0.3 is 10.6 Å². The molecule has 2 rings (SSSR count). The average Bonchev–Trinajstić information content (AvgIpc) is 2.76. The maximum atomic E-state index is 11.8. The first-order valence-corrected chi connectivity index (χ1v) is 7.15. The Morgan fingerprint density at radius 1 is 1.42 bits per heavy atom. The van der Waals surface area contributed by atoms with Crippen LogP contribution in [0, 0.1) is 6.92 Å². The first-order chi connectivity index (χ1) is 8.97. The zero-order chi connectivity index (χ0) is 14.0. The molecule has 0 aliphatic rings. The van der Waals surface area contributed by atoms with Crippen LogP contribution in [0.5, 0.6) is 0 Å². The fraction of sp³-hybridized carbons (Fsp3) is 0.250. The highest BCUT2D eigenvalue weighted by Gasteiger charge is 2.11. The Balaban J connectivity index is 2.22. The van der Waals surface area contributed by atoms with Gasteiger partial charge in [0.1, 0.15) is 5.82 Å². The van der Waals surface area contributed by atoms with E-state index < -0.39 is 0 Å².